The lowest BCUT2D eigenvalue weighted by Gasteiger charge is -2.05. The first-order valence-corrected chi connectivity index (χ1v) is 5.61. The number of rotatable bonds is 5. The molecule has 0 bridgehead atoms. The van der Waals surface area contributed by atoms with Gasteiger partial charge in [0.05, 0.1) is 0 Å². The van der Waals surface area contributed by atoms with E-state index in [1.807, 2.05) is 31.3 Å². The second-order valence-corrected chi connectivity index (χ2v) is 3.73. The van der Waals surface area contributed by atoms with Crippen molar-refractivity contribution in [2.45, 2.75) is 6.42 Å². The molecule has 102 valence electrons. The Bertz CT molecular complexity index is 499. The minimum absolute atomic E-state index is 0. The number of anilines is 1. The first-order valence-electron chi connectivity index (χ1n) is 5.61. The number of aromatic nitrogens is 2. The van der Waals surface area contributed by atoms with Gasteiger partial charge in [0.1, 0.15) is 0 Å². The fourth-order valence-corrected chi connectivity index (χ4v) is 1.46. The van der Waals surface area contributed by atoms with E-state index < -0.39 is 0 Å². The van der Waals surface area contributed by atoms with Gasteiger partial charge in [-0.25, -0.2) is 0 Å². The van der Waals surface area contributed by atoms with Gasteiger partial charge >= 0.3 is 0 Å². The SMILES string of the molecule is CNCCC(=O)Nc1ccc(-c2ncon2)cc1.Cl. The van der Waals surface area contributed by atoms with E-state index in [-0.39, 0.29) is 18.3 Å². The van der Waals surface area contributed by atoms with E-state index in [1.54, 1.807) is 0 Å². The highest BCUT2D eigenvalue weighted by molar-refractivity contribution is 5.91. The van der Waals surface area contributed by atoms with Crippen molar-refractivity contribution >= 4 is 24.0 Å². The molecule has 0 saturated carbocycles. The number of carbonyl (C=O) groups is 1. The highest BCUT2D eigenvalue weighted by Gasteiger charge is 2.04. The van der Waals surface area contributed by atoms with E-state index in [2.05, 4.69) is 25.3 Å². The molecule has 7 heteroatoms. The molecule has 2 rings (SSSR count). The molecule has 2 N–H and O–H groups in total. The number of nitrogens with zero attached hydrogens (tertiary/aromatic N) is 2. The molecular weight excluding hydrogens is 268 g/mol. The predicted octanol–water partition coefficient (Wildman–Crippen LogP) is 1.71. The normalized spacial score (nSPS) is 9.74. The Kier molecular flexibility index (Phi) is 5.98. The van der Waals surface area contributed by atoms with E-state index in [0.29, 0.717) is 18.8 Å². The molecule has 19 heavy (non-hydrogen) atoms. The first kappa shape index (κ1) is 15.1. The Labute approximate surface area is 117 Å². The van der Waals surface area contributed by atoms with Crippen LogP contribution < -0.4 is 10.6 Å². The summed E-state index contributed by atoms with van der Waals surface area (Å²) in [7, 11) is 1.81. The highest BCUT2D eigenvalue weighted by atomic mass is 35.5. The number of carbonyl (C=O) groups excluding carboxylic acids is 1. The maximum atomic E-state index is 11.5. The van der Waals surface area contributed by atoms with Gasteiger partial charge in [-0.05, 0) is 31.3 Å². The lowest BCUT2D eigenvalue weighted by Crippen LogP contribution is -2.18. The van der Waals surface area contributed by atoms with E-state index in [4.69, 9.17) is 0 Å². The number of amides is 1. The summed E-state index contributed by atoms with van der Waals surface area (Å²) in [5.41, 5.74) is 1.60. The Balaban J connectivity index is 0.00000180. The number of hydrogen-bond donors (Lipinski definition) is 2. The average Bonchev–Trinajstić information content (AvgIpc) is 2.91. The summed E-state index contributed by atoms with van der Waals surface area (Å²) in [5.74, 6) is 0.514. The number of nitrogens with one attached hydrogen (secondary N) is 2. The summed E-state index contributed by atoms with van der Waals surface area (Å²) in [5, 5.41) is 9.47. The van der Waals surface area contributed by atoms with Crippen LogP contribution in [-0.2, 0) is 4.79 Å². The zero-order chi connectivity index (χ0) is 12.8. The minimum Gasteiger partial charge on any atom is -0.342 e. The lowest BCUT2D eigenvalue weighted by atomic mass is 10.2. The third-order valence-corrected chi connectivity index (χ3v) is 2.39. The molecule has 2 aromatic rings. The van der Waals surface area contributed by atoms with Crippen LogP contribution in [0.5, 0.6) is 0 Å². The van der Waals surface area contributed by atoms with Gasteiger partial charge in [0.2, 0.25) is 18.1 Å². The highest BCUT2D eigenvalue weighted by Crippen LogP contribution is 2.17. The predicted molar refractivity (Wildman–Crippen MR) is 74.2 cm³/mol. The molecule has 0 saturated heterocycles. The Morgan fingerprint density at radius 2 is 2.05 bits per heavy atom. The van der Waals surface area contributed by atoms with Gasteiger partial charge in [-0.3, -0.25) is 4.79 Å². The molecule has 1 aromatic carbocycles. The second kappa shape index (κ2) is 7.50. The molecule has 0 aliphatic rings. The van der Waals surface area contributed by atoms with Gasteiger partial charge in [0.25, 0.3) is 0 Å². The molecule has 0 spiro atoms. The van der Waals surface area contributed by atoms with Crippen LogP contribution in [0, 0.1) is 0 Å². The first-order chi connectivity index (χ1) is 8.79. The topological polar surface area (TPSA) is 80.0 Å². The van der Waals surface area contributed by atoms with E-state index in [0.717, 1.165) is 11.3 Å². The second-order valence-electron chi connectivity index (χ2n) is 3.73. The summed E-state index contributed by atoms with van der Waals surface area (Å²) in [6, 6.07) is 7.28. The summed E-state index contributed by atoms with van der Waals surface area (Å²) < 4.78 is 4.67. The lowest BCUT2D eigenvalue weighted by molar-refractivity contribution is -0.116. The quantitative estimate of drug-likeness (QED) is 0.873. The smallest absolute Gasteiger partial charge is 0.225 e. The fraction of sp³-hybridized carbons (Fsp3) is 0.250. The Morgan fingerprint density at radius 1 is 1.32 bits per heavy atom. The summed E-state index contributed by atoms with van der Waals surface area (Å²) >= 11 is 0. The van der Waals surface area contributed by atoms with Crippen molar-refractivity contribution in [3.05, 3.63) is 30.7 Å². The minimum atomic E-state index is -0.0170. The largest absolute Gasteiger partial charge is 0.342 e. The third kappa shape index (κ3) is 4.35. The number of halogens is 1. The van der Waals surface area contributed by atoms with Crippen molar-refractivity contribution in [1.82, 2.24) is 15.5 Å². The molecular formula is C12H15ClN4O2. The molecule has 0 atom stereocenters. The van der Waals surface area contributed by atoms with Crippen LogP contribution >= 0.6 is 12.4 Å². The summed E-state index contributed by atoms with van der Waals surface area (Å²) in [6.07, 6.45) is 1.73. The van der Waals surface area contributed by atoms with Crippen LogP contribution in [0.15, 0.2) is 35.2 Å². The monoisotopic (exact) mass is 282 g/mol. The zero-order valence-corrected chi connectivity index (χ0v) is 11.2. The van der Waals surface area contributed by atoms with Crippen LogP contribution in [0.3, 0.4) is 0 Å². The van der Waals surface area contributed by atoms with Gasteiger partial charge in [0.15, 0.2) is 0 Å². The Morgan fingerprint density at radius 3 is 2.63 bits per heavy atom. The van der Waals surface area contributed by atoms with Crippen LogP contribution in [0.1, 0.15) is 6.42 Å². The number of benzene rings is 1. The van der Waals surface area contributed by atoms with Crippen molar-refractivity contribution in [3.63, 3.8) is 0 Å². The van der Waals surface area contributed by atoms with E-state index in [1.165, 1.54) is 6.39 Å². The number of hydrogen-bond acceptors (Lipinski definition) is 5. The van der Waals surface area contributed by atoms with E-state index >= 15 is 0 Å². The van der Waals surface area contributed by atoms with Crippen molar-refractivity contribution < 1.29 is 9.32 Å². The van der Waals surface area contributed by atoms with Crippen molar-refractivity contribution in [3.8, 4) is 11.4 Å². The van der Waals surface area contributed by atoms with Gasteiger partial charge < -0.3 is 15.2 Å². The molecule has 1 heterocycles. The van der Waals surface area contributed by atoms with Crippen LogP contribution in [-0.4, -0.2) is 29.6 Å². The van der Waals surface area contributed by atoms with Gasteiger partial charge in [-0.2, -0.15) is 4.98 Å². The summed E-state index contributed by atoms with van der Waals surface area (Å²) in [4.78, 5) is 15.4. The molecule has 0 radical (unpaired) electrons. The van der Waals surface area contributed by atoms with Crippen LogP contribution in [0.4, 0.5) is 5.69 Å². The van der Waals surface area contributed by atoms with Crippen LogP contribution in [0.25, 0.3) is 11.4 Å². The maximum absolute atomic E-state index is 11.5. The molecule has 0 fully saturated rings. The molecule has 0 unspecified atom stereocenters. The maximum Gasteiger partial charge on any atom is 0.225 e. The molecule has 1 aromatic heterocycles. The standard InChI is InChI=1S/C12H14N4O2.ClH/c1-13-7-6-11(17)15-10-4-2-9(3-5-10)12-14-8-18-16-12;/h2-5,8,13H,6-7H2,1H3,(H,15,17);1H. The van der Waals surface area contributed by atoms with Crippen molar-refractivity contribution in [1.29, 1.82) is 0 Å². The molecule has 1 amide bonds. The van der Waals surface area contributed by atoms with Crippen molar-refractivity contribution in [2.75, 3.05) is 18.9 Å². The van der Waals surface area contributed by atoms with Gasteiger partial charge in [-0.1, -0.05) is 5.16 Å². The zero-order valence-electron chi connectivity index (χ0n) is 10.4. The van der Waals surface area contributed by atoms with E-state index in [9.17, 15) is 4.79 Å². The third-order valence-electron chi connectivity index (χ3n) is 2.39. The average molecular weight is 283 g/mol. The molecule has 0 aliphatic heterocycles. The van der Waals surface area contributed by atoms with Gasteiger partial charge in [0, 0.05) is 24.2 Å². The molecule has 0 aliphatic carbocycles. The summed E-state index contributed by atoms with van der Waals surface area (Å²) in [6.45, 7) is 0.660. The molecule has 6 nitrogen and oxygen atoms in total. The van der Waals surface area contributed by atoms with Crippen LogP contribution in [0.2, 0.25) is 0 Å². The van der Waals surface area contributed by atoms with Crippen molar-refractivity contribution in [2.24, 2.45) is 0 Å². The Hall–Kier alpha value is -1.92. The fourth-order valence-electron chi connectivity index (χ4n) is 1.46. The van der Waals surface area contributed by atoms with Gasteiger partial charge in [-0.15, -0.1) is 12.4 Å².